The van der Waals surface area contributed by atoms with Crippen LogP contribution in [0.25, 0.3) is 10.8 Å². The van der Waals surface area contributed by atoms with Crippen molar-refractivity contribution in [2.75, 3.05) is 7.11 Å². The number of aromatic nitrogens is 3. The molecule has 0 aliphatic heterocycles. The number of hydrogen-bond acceptors (Lipinski definition) is 4. The molecule has 27 heavy (non-hydrogen) atoms. The lowest BCUT2D eigenvalue weighted by molar-refractivity contribution is -0.122. The third kappa shape index (κ3) is 4.64. The molecule has 1 aromatic heterocycles. The van der Waals surface area contributed by atoms with Gasteiger partial charge < -0.3 is 10.1 Å². The molecule has 2 aromatic carbocycles. The van der Waals surface area contributed by atoms with Crippen LogP contribution in [0.1, 0.15) is 25.8 Å². The number of rotatable bonds is 8. The van der Waals surface area contributed by atoms with Gasteiger partial charge >= 0.3 is 0 Å². The second-order valence-corrected chi connectivity index (χ2v) is 6.97. The van der Waals surface area contributed by atoms with Gasteiger partial charge in [0.15, 0.2) is 0 Å². The fraction of sp³-hybridized carbons (Fsp3) is 0.381. The van der Waals surface area contributed by atoms with Crippen molar-refractivity contribution in [1.29, 1.82) is 0 Å². The van der Waals surface area contributed by atoms with E-state index < -0.39 is 0 Å². The maximum absolute atomic E-state index is 12.6. The van der Waals surface area contributed by atoms with Crippen molar-refractivity contribution in [3.8, 4) is 5.75 Å². The first-order chi connectivity index (χ1) is 13.1. The molecule has 0 spiro atoms. The number of fused-ring (bicyclic) bond motifs is 1. The molecule has 6 heteroatoms. The zero-order chi connectivity index (χ0) is 19.2. The monoisotopic (exact) mass is 366 g/mol. The van der Waals surface area contributed by atoms with Gasteiger partial charge in [0.05, 0.1) is 32.1 Å². The van der Waals surface area contributed by atoms with Gasteiger partial charge in [0.2, 0.25) is 5.91 Å². The number of aryl methyl sites for hydroxylation is 1. The Morgan fingerprint density at radius 3 is 2.59 bits per heavy atom. The van der Waals surface area contributed by atoms with Crippen LogP contribution in [0.3, 0.4) is 0 Å². The van der Waals surface area contributed by atoms with Gasteiger partial charge in [-0.1, -0.05) is 44.2 Å². The fourth-order valence-electron chi connectivity index (χ4n) is 3.22. The number of carbonyl (C=O) groups excluding carboxylic acids is 1. The summed E-state index contributed by atoms with van der Waals surface area (Å²) in [4.78, 5) is 14.2. The van der Waals surface area contributed by atoms with Crippen molar-refractivity contribution >= 4 is 16.7 Å². The molecule has 1 amide bonds. The van der Waals surface area contributed by atoms with E-state index in [-0.39, 0.29) is 17.9 Å². The average Bonchev–Trinajstić information content (AvgIpc) is 3.18. The lowest BCUT2D eigenvalue weighted by atomic mass is 9.99. The number of hydrogen-bond donors (Lipinski definition) is 1. The molecular weight excluding hydrogens is 340 g/mol. The summed E-state index contributed by atoms with van der Waals surface area (Å²) in [6.45, 7) is 4.73. The third-order valence-corrected chi connectivity index (χ3v) is 4.80. The minimum atomic E-state index is -0.0145. The Balaban J connectivity index is 1.69. The van der Waals surface area contributed by atoms with Crippen molar-refractivity contribution in [2.24, 2.45) is 5.92 Å². The number of amides is 1. The molecule has 3 rings (SSSR count). The molecule has 0 radical (unpaired) electrons. The molecular formula is C21H26N4O2. The van der Waals surface area contributed by atoms with Crippen LogP contribution in [0.15, 0.2) is 48.8 Å². The lowest BCUT2D eigenvalue weighted by Crippen LogP contribution is -2.42. The topological polar surface area (TPSA) is 69.0 Å². The molecule has 0 fully saturated rings. The van der Waals surface area contributed by atoms with Crippen LogP contribution in [0.4, 0.5) is 0 Å². The van der Waals surface area contributed by atoms with Gasteiger partial charge in [-0.25, -0.2) is 0 Å². The average molecular weight is 366 g/mol. The van der Waals surface area contributed by atoms with E-state index >= 15 is 0 Å². The third-order valence-electron chi connectivity index (χ3n) is 4.80. The van der Waals surface area contributed by atoms with Crippen LogP contribution in [0.2, 0.25) is 0 Å². The van der Waals surface area contributed by atoms with E-state index in [2.05, 4.69) is 41.5 Å². The zero-order valence-corrected chi connectivity index (χ0v) is 16.1. The van der Waals surface area contributed by atoms with E-state index in [0.29, 0.717) is 19.4 Å². The number of nitrogens with zero attached hydrogens (tertiary/aromatic N) is 3. The molecule has 0 aliphatic rings. The second-order valence-electron chi connectivity index (χ2n) is 6.97. The predicted octanol–water partition coefficient (Wildman–Crippen LogP) is 3.21. The molecule has 6 nitrogen and oxygen atoms in total. The summed E-state index contributed by atoms with van der Waals surface area (Å²) in [5.74, 6) is 1.13. The minimum Gasteiger partial charge on any atom is -0.496 e. The largest absolute Gasteiger partial charge is 0.496 e. The molecule has 0 saturated heterocycles. The van der Waals surface area contributed by atoms with Crippen LogP contribution in [0.5, 0.6) is 5.75 Å². The second kappa shape index (κ2) is 8.66. The van der Waals surface area contributed by atoms with Crippen LogP contribution in [0, 0.1) is 5.92 Å². The van der Waals surface area contributed by atoms with Gasteiger partial charge in [0.25, 0.3) is 0 Å². The minimum absolute atomic E-state index is 0.0145. The smallest absolute Gasteiger partial charge is 0.220 e. The van der Waals surface area contributed by atoms with Gasteiger partial charge in [-0.15, -0.1) is 0 Å². The van der Waals surface area contributed by atoms with Crippen LogP contribution in [-0.4, -0.2) is 34.1 Å². The highest BCUT2D eigenvalue weighted by atomic mass is 16.5. The number of ether oxygens (including phenoxy) is 1. The summed E-state index contributed by atoms with van der Waals surface area (Å²) >= 11 is 0. The summed E-state index contributed by atoms with van der Waals surface area (Å²) in [5.41, 5.74) is 1.07. The summed E-state index contributed by atoms with van der Waals surface area (Å²) in [5, 5.41) is 13.7. The van der Waals surface area contributed by atoms with E-state index in [4.69, 9.17) is 4.74 Å². The highest BCUT2D eigenvalue weighted by Gasteiger charge is 2.18. The van der Waals surface area contributed by atoms with Crippen molar-refractivity contribution < 1.29 is 9.53 Å². The van der Waals surface area contributed by atoms with E-state index in [1.54, 1.807) is 24.3 Å². The van der Waals surface area contributed by atoms with Crippen molar-refractivity contribution in [3.63, 3.8) is 0 Å². The molecule has 1 unspecified atom stereocenters. The van der Waals surface area contributed by atoms with Crippen molar-refractivity contribution in [2.45, 2.75) is 39.3 Å². The Kier molecular flexibility index (Phi) is 6.06. The SMILES string of the molecule is COc1ccc2ccccc2c1CCC(=O)NC(Cn1nccn1)C(C)C. The lowest BCUT2D eigenvalue weighted by Gasteiger charge is -2.22. The number of carbonyl (C=O) groups is 1. The molecule has 3 aromatic rings. The predicted molar refractivity (Wildman–Crippen MR) is 106 cm³/mol. The first-order valence-electron chi connectivity index (χ1n) is 9.26. The Labute approximate surface area is 159 Å². The number of nitrogens with one attached hydrogen (secondary N) is 1. The molecule has 0 bridgehead atoms. The van der Waals surface area contributed by atoms with Gasteiger partial charge in [-0.3, -0.25) is 4.79 Å². The molecule has 0 saturated carbocycles. The van der Waals surface area contributed by atoms with Crippen LogP contribution in [-0.2, 0) is 17.8 Å². The highest BCUT2D eigenvalue weighted by molar-refractivity contribution is 5.88. The summed E-state index contributed by atoms with van der Waals surface area (Å²) < 4.78 is 5.52. The summed E-state index contributed by atoms with van der Waals surface area (Å²) in [7, 11) is 1.67. The summed E-state index contributed by atoms with van der Waals surface area (Å²) in [6.07, 6.45) is 4.32. The Morgan fingerprint density at radius 2 is 1.89 bits per heavy atom. The first kappa shape index (κ1) is 18.9. The van der Waals surface area contributed by atoms with Crippen LogP contribution >= 0.6 is 0 Å². The van der Waals surface area contributed by atoms with E-state index in [9.17, 15) is 4.79 Å². The standard InChI is InChI=1S/C21H26N4O2/c1-15(2)19(14-25-22-12-13-23-25)24-21(26)11-9-18-17-7-5-4-6-16(17)8-10-20(18)27-3/h4-8,10,12-13,15,19H,9,11,14H2,1-3H3,(H,24,26). The molecule has 142 valence electrons. The highest BCUT2D eigenvalue weighted by Crippen LogP contribution is 2.29. The fourth-order valence-corrected chi connectivity index (χ4v) is 3.22. The first-order valence-corrected chi connectivity index (χ1v) is 9.26. The summed E-state index contributed by atoms with van der Waals surface area (Å²) in [6, 6.07) is 12.2. The number of methoxy groups -OCH3 is 1. The maximum Gasteiger partial charge on any atom is 0.220 e. The van der Waals surface area contributed by atoms with E-state index in [1.807, 2.05) is 24.3 Å². The van der Waals surface area contributed by atoms with Gasteiger partial charge in [-0.05, 0) is 29.2 Å². The molecule has 1 heterocycles. The Hall–Kier alpha value is -2.89. The van der Waals surface area contributed by atoms with Gasteiger partial charge in [0.1, 0.15) is 5.75 Å². The Bertz CT molecular complexity index is 890. The van der Waals surface area contributed by atoms with Crippen molar-refractivity contribution in [3.05, 3.63) is 54.4 Å². The quantitative estimate of drug-likeness (QED) is 0.665. The molecule has 0 aliphatic carbocycles. The maximum atomic E-state index is 12.6. The van der Waals surface area contributed by atoms with E-state index in [1.165, 1.54) is 0 Å². The molecule has 1 N–H and O–H groups in total. The Morgan fingerprint density at radius 1 is 1.15 bits per heavy atom. The van der Waals surface area contributed by atoms with Gasteiger partial charge in [-0.2, -0.15) is 15.0 Å². The van der Waals surface area contributed by atoms with E-state index in [0.717, 1.165) is 22.1 Å². The normalized spacial score (nSPS) is 12.3. The van der Waals surface area contributed by atoms with Crippen molar-refractivity contribution in [1.82, 2.24) is 20.3 Å². The molecule has 1 atom stereocenters. The number of benzene rings is 2. The van der Waals surface area contributed by atoms with Crippen LogP contribution < -0.4 is 10.1 Å². The van der Waals surface area contributed by atoms with Gasteiger partial charge in [0, 0.05) is 12.0 Å². The zero-order valence-electron chi connectivity index (χ0n) is 16.1.